The predicted octanol–water partition coefficient (Wildman–Crippen LogP) is 2.83. The minimum atomic E-state index is -3.73. The SMILES string of the molecule is C[C@H]1COCCN1c1cc(C2(S(=O)(=O)c3ccccc3)CCOCC2)nc(Cl)n1. The highest BCUT2D eigenvalue weighted by molar-refractivity contribution is 7.92. The van der Waals surface area contributed by atoms with E-state index in [9.17, 15) is 8.42 Å². The van der Waals surface area contributed by atoms with Gasteiger partial charge in [-0.05, 0) is 43.5 Å². The molecule has 1 aromatic carbocycles. The van der Waals surface area contributed by atoms with Crippen LogP contribution in [0.15, 0.2) is 41.3 Å². The monoisotopic (exact) mass is 437 g/mol. The van der Waals surface area contributed by atoms with Crippen molar-refractivity contribution in [3.8, 4) is 0 Å². The molecule has 1 aromatic heterocycles. The molecule has 7 nitrogen and oxygen atoms in total. The van der Waals surface area contributed by atoms with Crippen LogP contribution in [0.3, 0.4) is 0 Å². The van der Waals surface area contributed by atoms with E-state index in [0.717, 1.165) is 0 Å². The minimum Gasteiger partial charge on any atom is -0.381 e. The number of rotatable bonds is 4. The van der Waals surface area contributed by atoms with Gasteiger partial charge in [0.1, 0.15) is 10.6 Å². The van der Waals surface area contributed by atoms with Gasteiger partial charge in [0, 0.05) is 25.8 Å². The van der Waals surface area contributed by atoms with Gasteiger partial charge in [0.15, 0.2) is 9.84 Å². The molecule has 0 bridgehead atoms. The highest BCUT2D eigenvalue weighted by atomic mass is 35.5. The van der Waals surface area contributed by atoms with Crippen LogP contribution < -0.4 is 4.90 Å². The summed E-state index contributed by atoms with van der Waals surface area (Å²) in [6.07, 6.45) is 0.630. The molecule has 1 atom stereocenters. The van der Waals surface area contributed by atoms with Crippen molar-refractivity contribution in [3.05, 3.63) is 47.4 Å². The lowest BCUT2D eigenvalue weighted by Crippen LogP contribution is -2.45. The van der Waals surface area contributed by atoms with Crippen molar-refractivity contribution in [2.45, 2.75) is 35.4 Å². The van der Waals surface area contributed by atoms with Crippen LogP contribution in [0, 0.1) is 0 Å². The van der Waals surface area contributed by atoms with E-state index in [1.54, 1.807) is 36.4 Å². The van der Waals surface area contributed by atoms with Gasteiger partial charge in [0.25, 0.3) is 0 Å². The normalized spacial score (nSPS) is 22.4. The first-order chi connectivity index (χ1) is 13.9. The summed E-state index contributed by atoms with van der Waals surface area (Å²) in [7, 11) is -3.73. The van der Waals surface area contributed by atoms with Crippen LogP contribution in [0.25, 0.3) is 0 Å². The highest BCUT2D eigenvalue weighted by Crippen LogP contribution is 2.43. The molecule has 3 heterocycles. The number of aromatic nitrogens is 2. The molecule has 2 aliphatic heterocycles. The van der Waals surface area contributed by atoms with E-state index in [0.29, 0.717) is 57.3 Å². The molecule has 0 radical (unpaired) electrons. The van der Waals surface area contributed by atoms with Crippen molar-refractivity contribution in [1.82, 2.24) is 9.97 Å². The van der Waals surface area contributed by atoms with E-state index in [4.69, 9.17) is 21.1 Å². The topological polar surface area (TPSA) is 81.6 Å². The predicted molar refractivity (Wildman–Crippen MR) is 110 cm³/mol. The fourth-order valence-corrected chi connectivity index (χ4v) is 6.27. The maximum absolute atomic E-state index is 13.8. The molecule has 0 saturated carbocycles. The third-order valence-corrected chi connectivity index (χ3v) is 8.39. The maximum atomic E-state index is 13.8. The Labute approximate surface area is 175 Å². The van der Waals surface area contributed by atoms with Gasteiger partial charge >= 0.3 is 0 Å². The fourth-order valence-electron chi connectivity index (χ4n) is 4.04. The number of benzene rings is 1. The van der Waals surface area contributed by atoms with E-state index in [-0.39, 0.29) is 16.2 Å². The van der Waals surface area contributed by atoms with E-state index in [1.165, 1.54) is 0 Å². The molecule has 156 valence electrons. The fraction of sp³-hybridized carbons (Fsp3) is 0.500. The Bertz CT molecular complexity index is 965. The van der Waals surface area contributed by atoms with Gasteiger partial charge in [-0.3, -0.25) is 0 Å². The lowest BCUT2D eigenvalue weighted by Gasteiger charge is -2.38. The van der Waals surface area contributed by atoms with E-state index in [2.05, 4.69) is 14.9 Å². The first-order valence-corrected chi connectivity index (χ1v) is 11.6. The molecule has 2 fully saturated rings. The molecule has 0 unspecified atom stereocenters. The van der Waals surface area contributed by atoms with Crippen LogP contribution in [0.2, 0.25) is 5.28 Å². The Morgan fingerprint density at radius 1 is 1.10 bits per heavy atom. The average Bonchev–Trinajstić information content (AvgIpc) is 2.74. The Hall–Kier alpha value is -1.74. The number of morpholine rings is 1. The lowest BCUT2D eigenvalue weighted by atomic mass is 9.94. The zero-order chi connectivity index (χ0) is 20.5. The Kier molecular flexibility index (Phi) is 5.79. The number of hydrogen-bond acceptors (Lipinski definition) is 7. The third kappa shape index (κ3) is 3.74. The zero-order valence-corrected chi connectivity index (χ0v) is 17.8. The van der Waals surface area contributed by atoms with Crippen molar-refractivity contribution < 1.29 is 17.9 Å². The molecule has 29 heavy (non-hydrogen) atoms. The molecular formula is C20H24ClN3O4S. The van der Waals surface area contributed by atoms with Crippen molar-refractivity contribution in [1.29, 1.82) is 0 Å². The standard InChI is InChI=1S/C20H24ClN3O4S/c1-15-14-28-12-9-24(15)18-13-17(22-19(21)23-18)20(7-10-27-11-8-20)29(25,26)16-5-3-2-4-6-16/h2-6,13,15H,7-12,14H2,1H3/t15-/m0/s1. The Morgan fingerprint density at radius 3 is 2.52 bits per heavy atom. The van der Waals surface area contributed by atoms with Gasteiger partial charge in [0.2, 0.25) is 5.28 Å². The van der Waals surface area contributed by atoms with Crippen LogP contribution >= 0.6 is 11.6 Å². The number of hydrogen-bond donors (Lipinski definition) is 0. The number of ether oxygens (including phenoxy) is 2. The summed E-state index contributed by atoms with van der Waals surface area (Å²) in [5.74, 6) is 0.630. The first-order valence-electron chi connectivity index (χ1n) is 9.71. The van der Waals surface area contributed by atoms with Crippen molar-refractivity contribution in [3.63, 3.8) is 0 Å². The first kappa shape index (κ1) is 20.5. The average molecular weight is 438 g/mol. The van der Waals surface area contributed by atoms with Gasteiger partial charge in [-0.2, -0.15) is 0 Å². The summed E-state index contributed by atoms with van der Waals surface area (Å²) in [5, 5.41) is 0.0466. The molecule has 0 N–H and O–H groups in total. The molecule has 2 saturated heterocycles. The number of nitrogens with zero attached hydrogens (tertiary/aromatic N) is 3. The van der Waals surface area contributed by atoms with E-state index < -0.39 is 14.6 Å². The Morgan fingerprint density at radius 2 is 1.83 bits per heavy atom. The van der Waals surface area contributed by atoms with Gasteiger partial charge in [-0.15, -0.1) is 0 Å². The lowest BCUT2D eigenvalue weighted by molar-refractivity contribution is 0.0729. The second kappa shape index (κ2) is 8.18. The second-order valence-corrected chi connectivity index (χ2v) is 10.0. The van der Waals surface area contributed by atoms with Gasteiger partial charge in [-0.25, -0.2) is 18.4 Å². The number of anilines is 1. The molecule has 2 aliphatic rings. The maximum Gasteiger partial charge on any atom is 0.224 e. The molecule has 4 rings (SSSR count). The summed E-state index contributed by atoms with van der Waals surface area (Å²) in [4.78, 5) is 11.2. The van der Waals surface area contributed by atoms with Gasteiger partial charge in [-0.1, -0.05) is 18.2 Å². The van der Waals surface area contributed by atoms with Crippen LogP contribution in [0.4, 0.5) is 5.82 Å². The summed E-state index contributed by atoms with van der Waals surface area (Å²) >= 11 is 6.29. The van der Waals surface area contributed by atoms with Crippen LogP contribution in [0.1, 0.15) is 25.5 Å². The molecule has 0 spiro atoms. The summed E-state index contributed by atoms with van der Waals surface area (Å²) in [6.45, 7) is 4.56. The zero-order valence-electron chi connectivity index (χ0n) is 16.3. The van der Waals surface area contributed by atoms with Crippen LogP contribution in [0.5, 0.6) is 0 Å². The minimum absolute atomic E-state index is 0.0466. The van der Waals surface area contributed by atoms with Crippen molar-refractivity contribution in [2.75, 3.05) is 37.9 Å². The summed E-state index contributed by atoms with van der Waals surface area (Å²) < 4.78 is 37.4. The van der Waals surface area contributed by atoms with Crippen LogP contribution in [-0.4, -0.2) is 57.4 Å². The molecular weight excluding hydrogens is 414 g/mol. The van der Waals surface area contributed by atoms with E-state index >= 15 is 0 Å². The molecule has 0 aliphatic carbocycles. The summed E-state index contributed by atoms with van der Waals surface area (Å²) in [5.41, 5.74) is 0.429. The highest BCUT2D eigenvalue weighted by Gasteiger charge is 2.49. The summed E-state index contributed by atoms with van der Waals surface area (Å²) in [6, 6.07) is 10.4. The van der Waals surface area contributed by atoms with Gasteiger partial charge in [0.05, 0.1) is 29.8 Å². The smallest absolute Gasteiger partial charge is 0.224 e. The Balaban J connectivity index is 1.84. The molecule has 2 aromatic rings. The van der Waals surface area contributed by atoms with Crippen molar-refractivity contribution in [2.24, 2.45) is 0 Å². The molecule has 0 amide bonds. The quantitative estimate of drug-likeness (QED) is 0.680. The number of sulfone groups is 1. The number of halogens is 1. The van der Waals surface area contributed by atoms with Crippen LogP contribution in [-0.2, 0) is 24.1 Å². The largest absolute Gasteiger partial charge is 0.381 e. The van der Waals surface area contributed by atoms with Crippen molar-refractivity contribution >= 4 is 27.3 Å². The van der Waals surface area contributed by atoms with E-state index in [1.807, 2.05) is 6.92 Å². The van der Waals surface area contributed by atoms with Gasteiger partial charge < -0.3 is 14.4 Å². The second-order valence-electron chi connectivity index (χ2n) is 7.42. The molecule has 9 heteroatoms. The third-order valence-electron chi connectivity index (χ3n) is 5.68.